The summed E-state index contributed by atoms with van der Waals surface area (Å²) in [4.78, 5) is 31.0. The summed E-state index contributed by atoms with van der Waals surface area (Å²) in [5, 5.41) is 21.0. The second-order valence-electron chi connectivity index (χ2n) is 4.63. The van der Waals surface area contributed by atoms with Gasteiger partial charge in [0.1, 0.15) is 34.7 Å². The summed E-state index contributed by atoms with van der Waals surface area (Å²) in [5.41, 5.74) is 0.859. The summed E-state index contributed by atoms with van der Waals surface area (Å²) in [5.74, 6) is -1.82. The van der Waals surface area contributed by atoms with Crippen LogP contribution in [-0.4, -0.2) is 38.6 Å². The van der Waals surface area contributed by atoms with E-state index in [-0.39, 0.29) is 16.8 Å². The van der Waals surface area contributed by atoms with Gasteiger partial charge in [-0.1, -0.05) is 0 Å². The minimum Gasteiger partial charge on any atom is -0.507 e. The van der Waals surface area contributed by atoms with Crippen LogP contribution in [0.25, 0.3) is 22.4 Å². The first-order valence-corrected chi connectivity index (χ1v) is 6.58. The Morgan fingerprint density at radius 2 is 1.96 bits per heavy atom. The number of benzene rings is 1. The van der Waals surface area contributed by atoms with E-state index in [0.29, 0.717) is 16.8 Å². The van der Waals surface area contributed by atoms with E-state index in [9.17, 15) is 14.7 Å². The quantitative estimate of drug-likeness (QED) is 0.664. The second kappa shape index (κ2) is 5.76. The standard InChI is InChI=1S/C15H11N3O5/c19-9-6-8(10-2-1-5-23-10)13-14(17-4-3-16-13)12(9)15(22)18-7-11(20)21/h1-6,19H,7H2,(H,18,22)(H,20,21). The molecule has 3 aromatic rings. The van der Waals surface area contributed by atoms with Gasteiger partial charge in [-0.05, 0) is 18.2 Å². The van der Waals surface area contributed by atoms with Crippen LogP contribution in [0, 0.1) is 0 Å². The Labute approximate surface area is 129 Å². The van der Waals surface area contributed by atoms with Gasteiger partial charge >= 0.3 is 5.97 Å². The number of aliphatic carboxylic acids is 1. The highest BCUT2D eigenvalue weighted by Crippen LogP contribution is 2.34. The zero-order chi connectivity index (χ0) is 16.4. The zero-order valence-electron chi connectivity index (χ0n) is 11.7. The lowest BCUT2D eigenvalue weighted by Crippen LogP contribution is -2.29. The summed E-state index contributed by atoms with van der Waals surface area (Å²) in [6.45, 7) is -0.569. The molecule has 0 aliphatic carbocycles. The van der Waals surface area contributed by atoms with Crippen molar-refractivity contribution < 1.29 is 24.2 Å². The molecule has 116 valence electrons. The average molecular weight is 313 g/mol. The maximum atomic E-state index is 12.2. The first-order chi connectivity index (χ1) is 11.1. The molecular weight excluding hydrogens is 302 g/mol. The Kier molecular flexibility index (Phi) is 3.63. The fourth-order valence-electron chi connectivity index (χ4n) is 2.20. The number of phenols is 1. The van der Waals surface area contributed by atoms with Crippen LogP contribution in [0.4, 0.5) is 0 Å². The van der Waals surface area contributed by atoms with Gasteiger partial charge in [0.25, 0.3) is 5.91 Å². The Bertz CT molecular complexity index is 890. The van der Waals surface area contributed by atoms with Crippen LogP contribution in [0.5, 0.6) is 5.75 Å². The summed E-state index contributed by atoms with van der Waals surface area (Å²) in [6.07, 6.45) is 4.30. The smallest absolute Gasteiger partial charge is 0.322 e. The van der Waals surface area contributed by atoms with Gasteiger partial charge in [-0.3, -0.25) is 19.6 Å². The summed E-state index contributed by atoms with van der Waals surface area (Å²) < 4.78 is 5.30. The number of rotatable bonds is 4. The van der Waals surface area contributed by atoms with Gasteiger partial charge < -0.3 is 19.9 Å². The number of aromatic nitrogens is 2. The van der Waals surface area contributed by atoms with Crippen molar-refractivity contribution in [2.24, 2.45) is 0 Å². The van der Waals surface area contributed by atoms with E-state index in [1.54, 1.807) is 12.1 Å². The van der Waals surface area contributed by atoms with Crippen molar-refractivity contribution in [3.05, 3.63) is 42.4 Å². The van der Waals surface area contributed by atoms with Gasteiger partial charge in [0, 0.05) is 18.0 Å². The summed E-state index contributed by atoms with van der Waals surface area (Å²) in [6, 6.07) is 4.71. The lowest BCUT2D eigenvalue weighted by atomic mass is 10.0. The molecule has 0 saturated heterocycles. The number of fused-ring (bicyclic) bond motifs is 1. The molecule has 23 heavy (non-hydrogen) atoms. The van der Waals surface area contributed by atoms with E-state index in [4.69, 9.17) is 9.52 Å². The number of nitrogens with zero attached hydrogens (tertiary/aromatic N) is 2. The van der Waals surface area contributed by atoms with Gasteiger partial charge in [-0.15, -0.1) is 0 Å². The third kappa shape index (κ3) is 2.69. The van der Waals surface area contributed by atoms with Crippen molar-refractivity contribution in [3.63, 3.8) is 0 Å². The monoisotopic (exact) mass is 313 g/mol. The number of hydrogen-bond acceptors (Lipinski definition) is 6. The number of carboxylic acids is 1. The maximum Gasteiger partial charge on any atom is 0.322 e. The first-order valence-electron chi connectivity index (χ1n) is 6.58. The van der Waals surface area contributed by atoms with E-state index in [0.717, 1.165) is 0 Å². The van der Waals surface area contributed by atoms with Gasteiger partial charge in [0.2, 0.25) is 0 Å². The molecule has 0 bridgehead atoms. The number of amides is 1. The van der Waals surface area contributed by atoms with Gasteiger partial charge in [0.15, 0.2) is 0 Å². The Morgan fingerprint density at radius 1 is 1.22 bits per heavy atom. The summed E-state index contributed by atoms with van der Waals surface area (Å²) >= 11 is 0. The Morgan fingerprint density at radius 3 is 2.61 bits per heavy atom. The van der Waals surface area contributed by atoms with Crippen molar-refractivity contribution in [2.45, 2.75) is 0 Å². The fraction of sp³-hybridized carbons (Fsp3) is 0.0667. The normalized spacial score (nSPS) is 10.6. The SMILES string of the molecule is O=C(O)CNC(=O)c1c(O)cc(-c2ccco2)c2nccnc12. The highest BCUT2D eigenvalue weighted by molar-refractivity contribution is 6.10. The second-order valence-corrected chi connectivity index (χ2v) is 4.63. The highest BCUT2D eigenvalue weighted by atomic mass is 16.4. The van der Waals surface area contributed by atoms with Crippen LogP contribution in [0.2, 0.25) is 0 Å². The molecular formula is C15H11N3O5. The number of carbonyl (C=O) groups is 2. The molecule has 1 aromatic carbocycles. The van der Waals surface area contributed by atoms with Gasteiger partial charge in [0.05, 0.1) is 6.26 Å². The Hall–Kier alpha value is -3.42. The fourth-order valence-corrected chi connectivity index (χ4v) is 2.20. The molecule has 1 amide bonds. The predicted molar refractivity (Wildman–Crippen MR) is 78.9 cm³/mol. The molecule has 0 unspecified atom stereocenters. The first kappa shape index (κ1) is 14.5. The molecule has 0 atom stereocenters. The largest absolute Gasteiger partial charge is 0.507 e. The van der Waals surface area contributed by atoms with E-state index in [2.05, 4.69) is 15.3 Å². The summed E-state index contributed by atoms with van der Waals surface area (Å²) in [7, 11) is 0. The van der Waals surface area contributed by atoms with E-state index < -0.39 is 18.4 Å². The van der Waals surface area contributed by atoms with Crippen LogP contribution in [-0.2, 0) is 4.79 Å². The van der Waals surface area contributed by atoms with Crippen LogP contribution in [0.15, 0.2) is 41.3 Å². The Balaban J connectivity index is 2.17. The van der Waals surface area contributed by atoms with E-state index >= 15 is 0 Å². The third-order valence-corrected chi connectivity index (χ3v) is 3.14. The number of nitrogens with one attached hydrogen (secondary N) is 1. The number of phenolic OH excluding ortho intramolecular Hbond substituents is 1. The van der Waals surface area contributed by atoms with Crippen molar-refractivity contribution in [2.75, 3.05) is 6.54 Å². The van der Waals surface area contributed by atoms with Crippen LogP contribution in [0.3, 0.4) is 0 Å². The minimum atomic E-state index is -1.19. The molecule has 0 aliphatic heterocycles. The third-order valence-electron chi connectivity index (χ3n) is 3.14. The topological polar surface area (TPSA) is 126 Å². The molecule has 3 N–H and O–H groups in total. The molecule has 8 nitrogen and oxygen atoms in total. The molecule has 0 fully saturated rings. The van der Waals surface area contributed by atoms with Crippen LogP contribution < -0.4 is 5.32 Å². The molecule has 0 spiro atoms. The van der Waals surface area contributed by atoms with E-state index in [1.165, 1.54) is 24.7 Å². The molecule has 2 aromatic heterocycles. The van der Waals surface area contributed by atoms with Crippen LogP contribution >= 0.6 is 0 Å². The number of furan rings is 1. The minimum absolute atomic E-state index is 0.135. The average Bonchev–Trinajstić information content (AvgIpc) is 3.06. The highest BCUT2D eigenvalue weighted by Gasteiger charge is 2.21. The van der Waals surface area contributed by atoms with Crippen molar-refractivity contribution >= 4 is 22.9 Å². The van der Waals surface area contributed by atoms with Gasteiger partial charge in [-0.25, -0.2) is 0 Å². The van der Waals surface area contributed by atoms with Gasteiger partial charge in [-0.2, -0.15) is 0 Å². The number of aromatic hydroxyl groups is 1. The number of carbonyl (C=O) groups excluding carboxylic acids is 1. The van der Waals surface area contributed by atoms with E-state index in [1.807, 2.05) is 0 Å². The maximum absolute atomic E-state index is 12.2. The zero-order valence-corrected chi connectivity index (χ0v) is 11.7. The number of carboxylic acid groups (broad SMARTS) is 1. The van der Waals surface area contributed by atoms with Crippen molar-refractivity contribution in [3.8, 4) is 17.1 Å². The van der Waals surface area contributed by atoms with Crippen molar-refractivity contribution in [1.82, 2.24) is 15.3 Å². The molecule has 3 rings (SSSR count). The van der Waals surface area contributed by atoms with Crippen LogP contribution in [0.1, 0.15) is 10.4 Å². The van der Waals surface area contributed by atoms with Crippen molar-refractivity contribution in [1.29, 1.82) is 0 Å². The molecule has 0 radical (unpaired) electrons. The molecule has 0 saturated carbocycles. The number of hydrogen-bond donors (Lipinski definition) is 3. The predicted octanol–water partition coefficient (Wildman–Crippen LogP) is 1.41. The lowest BCUT2D eigenvalue weighted by molar-refractivity contribution is -0.135. The molecule has 2 heterocycles. The molecule has 8 heteroatoms. The molecule has 0 aliphatic rings. The lowest BCUT2D eigenvalue weighted by Gasteiger charge is -2.10.